The van der Waals surface area contributed by atoms with Crippen LogP contribution in [0, 0.1) is 5.82 Å². The number of likely N-dealkylation sites (N-methyl/N-ethyl adjacent to an activating group) is 1. The Balaban J connectivity index is 1.57. The number of benzene rings is 2. The van der Waals surface area contributed by atoms with Gasteiger partial charge >= 0.3 is 0 Å². The Labute approximate surface area is 158 Å². The summed E-state index contributed by atoms with van der Waals surface area (Å²) in [4.78, 5) is 8.92. The molecule has 4 nitrogen and oxygen atoms in total. The molecule has 0 spiro atoms. The fraction of sp³-hybridized carbons (Fsp3) is 0.300. The zero-order valence-corrected chi connectivity index (χ0v) is 15.7. The SMILES string of the molecule is C=C(NCN1CCN(C)CC1)N1c2ccccc2Sc2ccc(F)cc21. The summed E-state index contributed by atoms with van der Waals surface area (Å²) in [5.41, 5.74) is 1.87. The fourth-order valence-electron chi connectivity index (χ4n) is 3.31. The lowest BCUT2D eigenvalue weighted by atomic mass is 10.2. The Morgan fingerprint density at radius 1 is 1.08 bits per heavy atom. The van der Waals surface area contributed by atoms with E-state index in [4.69, 9.17) is 0 Å². The van der Waals surface area contributed by atoms with Gasteiger partial charge < -0.3 is 10.2 Å². The van der Waals surface area contributed by atoms with E-state index in [0.29, 0.717) is 0 Å². The molecule has 2 aromatic rings. The van der Waals surface area contributed by atoms with Crippen molar-refractivity contribution in [3.05, 3.63) is 60.7 Å². The van der Waals surface area contributed by atoms with Gasteiger partial charge in [-0.3, -0.25) is 9.80 Å². The summed E-state index contributed by atoms with van der Waals surface area (Å²) in [5.74, 6) is 0.532. The van der Waals surface area contributed by atoms with Crippen molar-refractivity contribution in [3.8, 4) is 0 Å². The second-order valence-corrected chi connectivity index (χ2v) is 7.80. The van der Waals surface area contributed by atoms with Gasteiger partial charge in [0.2, 0.25) is 0 Å². The van der Waals surface area contributed by atoms with Crippen molar-refractivity contribution in [2.45, 2.75) is 9.79 Å². The molecule has 26 heavy (non-hydrogen) atoms. The lowest BCUT2D eigenvalue weighted by Gasteiger charge is -2.36. The smallest absolute Gasteiger partial charge is 0.125 e. The van der Waals surface area contributed by atoms with Crippen LogP contribution >= 0.6 is 11.8 Å². The third-order valence-electron chi connectivity index (χ3n) is 4.86. The highest BCUT2D eigenvalue weighted by molar-refractivity contribution is 7.99. The summed E-state index contributed by atoms with van der Waals surface area (Å²) in [6, 6.07) is 13.1. The minimum absolute atomic E-state index is 0.236. The molecule has 2 heterocycles. The summed E-state index contributed by atoms with van der Waals surface area (Å²) in [7, 11) is 2.15. The molecule has 0 unspecified atom stereocenters. The van der Waals surface area contributed by atoms with E-state index in [-0.39, 0.29) is 5.82 Å². The first-order valence-electron chi connectivity index (χ1n) is 8.82. The Morgan fingerprint density at radius 3 is 2.62 bits per heavy atom. The van der Waals surface area contributed by atoms with Gasteiger partial charge in [0.1, 0.15) is 11.6 Å². The third kappa shape index (κ3) is 3.45. The van der Waals surface area contributed by atoms with E-state index in [9.17, 15) is 4.39 Å². The van der Waals surface area contributed by atoms with Crippen molar-refractivity contribution in [2.75, 3.05) is 44.8 Å². The summed E-state index contributed by atoms with van der Waals surface area (Å²) in [6.45, 7) is 9.21. The number of nitrogens with one attached hydrogen (secondary N) is 1. The summed E-state index contributed by atoms with van der Waals surface area (Å²) in [5, 5.41) is 3.45. The van der Waals surface area contributed by atoms with Gasteiger partial charge in [0.05, 0.1) is 18.0 Å². The van der Waals surface area contributed by atoms with Gasteiger partial charge in [-0.05, 0) is 37.4 Å². The van der Waals surface area contributed by atoms with Crippen LogP contribution < -0.4 is 10.2 Å². The molecule has 2 aliphatic heterocycles. The molecule has 0 aromatic heterocycles. The van der Waals surface area contributed by atoms with Gasteiger partial charge in [-0.15, -0.1) is 0 Å². The van der Waals surface area contributed by atoms with Crippen molar-refractivity contribution in [1.82, 2.24) is 15.1 Å². The monoisotopic (exact) mass is 370 g/mol. The van der Waals surface area contributed by atoms with E-state index in [0.717, 1.165) is 59.8 Å². The van der Waals surface area contributed by atoms with E-state index in [1.165, 1.54) is 6.07 Å². The lowest BCUT2D eigenvalue weighted by Crippen LogP contribution is -2.48. The molecule has 2 aliphatic rings. The van der Waals surface area contributed by atoms with Gasteiger partial charge in [-0.2, -0.15) is 0 Å². The lowest BCUT2D eigenvalue weighted by molar-refractivity contribution is 0.148. The third-order valence-corrected chi connectivity index (χ3v) is 5.99. The number of fused-ring (bicyclic) bond motifs is 2. The average Bonchev–Trinajstić information content (AvgIpc) is 2.65. The number of halogens is 1. The molecule has 0 saturated carbocycles. The van der Waals surface area contributed by atoms with Crippen molar-refractivity contribution in [3.63, 3.8) is 0 Å². The van der Waals surface area contributed by atoms with Gasteiger partial charge in [0.25, 0.3) is 0 Å². The molecule has 1 N–H and O–H groups in total. The van der Waals surface area contributed by atoms with Crippen molar-refractivity contribution in [1.29, 1.82) is 0 Å². The topological polar surface area (TPSA) is 21.8 Å². The molecule has 0 bridgehead atoms. The minimum atomic E-state index is -0.236. The molecule has 4 rings (SSSR count). The molecule has 0 radical (unpaired) electrons. The number of hydrogen-bond donors (Lipinski definition) is 1. The van der Waals surface area contributed by atoms with Crippen LogP contribution in [-0.4, -0.2) is 49.7 Å². The van der Waals surface area contributed by atoms with Crippen LogP contribution in [0.25, 0.3) is 0 Å². The number of hydrogen-bond acceptors (Lipinski definition) is 5. The first-order valence-corrected chi connectivity index (χ1v) is 9.64. The van der Waals surface area contributed by atoms with Crippen LogP contribution in [0.1, 0.15) is 0 Å². The molecule has 0 amide bonds. The highest BCUT2D eigenvalue weighted by Crippen LogP contribution is 2.49. The van der Waals surface area contributed by atoms with Crippen LogP contribution in [0.3, 0.4) is 0 Å². The first kappa shape index (κ1) is 17.4. The zero-order valence-electron chi connectivity index (χ0n) is 14.9. The molecule has 1 saturated heterocycles. The van der Waals surface area contributed by atoms with Gasteiger partial charge in [-0.1, -0.05) is 30.5 Å². The van der Waals surface area contributed by atoms with Crippen LogP contribution in [0.15, 0.2) is 64.7 Å². The number of piperazine rings is 1. The van der Waals surface area contributed by atoms with Crippen LogP contribution in [0.4, 0.5) is 15.8 Å². The molecular formula is C20H23FN4S. The van der Waals surface area contributed by atoms with Gasteiger partial charge in [0, 0.05) is 36.0 Å². The molecule has 6 heteroatoms. The summed E-state index contributed by atoms with van der Waals surface area (Å²) < 4.78 is 13.9. The first-order chi connectivity index (χ1) is 12.6. The second kappa shape index (κ2) is 7.31. The van der Waals surface area contributed by atoms with Crippen molar-refractivity contribution in [2.24, 2.45) is 0 Å². The highest BCUT2D eigenvalue weighted by atomic mass is 32.2. The van der Waals surface area contributed by atoms with E-state index >= 15 is 0 Å². The van der Waals surface area contributed by atoms with E-state index in [1.54, 1.807) is 17.8 Å². The maximum atomic E-state index is 13.9. The maximum Gasteiger partial charge on any atom is 0.125 e. The van der Waals surface area contributed by atoms with E-state index in [2.05, 4.69) is 40.9 Å². The number of nitrogens with zero attached hydrogens (tertiary/aromatic N) is 3. The molecule has 2 aromatic carbocycles. The molecule has 0 atom stereocenters. The zero-order chi connectivity index (χ0) is 18.1. The van der Waals surface area contributed by atoms with Crippen LogP contribution in [-0.2, 0) is 0 Å². The Hall–Kier alpha value is -2.02. The average molecular weight is 370 g/mol. The Kier molecular flexibility index (Phi) is 4.89. The standard InChI is InChI=1S/C20H23FN4S/c1-15(22-14-24-11-9-23(2)10-12-24)25-17-5-3-4-6-19(17)26-20-8-7-16(21)13-18(20)25/h3-8,13,22H,1,9-12,14H2,2H3. The van der Waals surface area contributed by atoms with Crippen molar-refractivity contribution >= 4 is 23.1 Å². The summed E-state index contributed by atoms with van der Waals surface area (Å²) >= 11 is 1.67. The van der Waals surface area contributed by atoms with Crippen LogP contribution in [0.2, 0.25) is 0 Å². The molecule has 136 valence electrons. The predicted molar refractivity (Wildman–Crippen MR) is 105 cm³/mol. The number of anilines is 2. The number of rotatable bonds is 4. The maximum absolute atomic E-state index is 13.9. The Bertz CT molecular complexity index is 817. The fourth-order valence-corrected chi connectivity index (χ4v) is 4.35. The quantitative estimate of drug-likeness (QED) is 0.884. The van der Waals surface area contributed by atoms with E-state index < -0.39 is 0 Å². The minimum Gasteiger partial charge on any atom is -0.359 e. The van der Waals surface area contributed by atoms with E-state index in [1.807, 2.05) is 23.1 Å². The van der Waals surface area contributed by atoms with Crippen LogP contribution in [0.5, 0.6) is 0 Å². The summed E-state index contributed by atoms with van der Waals surface area (Å²) in [6.07, 6.45) is 0. The second-order valence-electron chi connectivity index (χ2n) is 6.72. The predicted octanol–water partition coefficient (Wildman–Crippen LogP) is 3.69. The van der Waals surface area contributed by atoms with Gasteiger partial charge in [-0.25, -0.2) is 4.39 Å². The van der Waals surface area contributed by atoms with Crippen molar-refractivity contribution < 1.29 is 4.39 Å². The highest BCUT2D eigenvalue weighted by Gasteiger charge is 2.26. The number of para-hydroxylation sites is 1. The molecular weight excluding hydrogens is 347 g/mol. The largest absolute Gasteiger partial charge is 0.359 e. The van der Waals surface area contributed by atoms with Gasteiger partial charge in [0.15, 0.2) is 0 Å². The normalized spacial score (nSPS) is 17.5. The Morgan fingerprint density at radius 2 is 1.81 bits per heavy atom. The molecule has 1 fully saturated rings. The molecule has 0 aliphatic carbocycles.